The average molecular weight is 298 g/mol. The molecule has 4 rings (SSSR count). The van der Waals surface area contributed by atoms with Crippen molar-refractivity contribution in [2.75, 3.05) is 0 Å². The summed E-state index contributed by atoms with van der Waals surface area (Å²) in [4.78, 5) is 28.3. The summed E-state index contributed by atoms with van der Waals surface area (Å²) in [6.07, 6.45) is 3.82. The smallest absolute Gasteiger partial charge is 0.323 e. The predicted molar refractivity (Wildman–Crippen MR) is 79.1 cm³/mol. The van der Waals surface area contributed by atoms with E-state index < -0.39 is 5.97 Å². The van der Waals surface area contributed by atoms with E-state index in [2.05, 4.69) is 10.1 Å². The van der Waals surface area contributed by atoms with Crippen molar-refractivity contribution in [3.05, 3.63) is 39.9 Å². The van der Waals surface area contributed by atoms with Crippen LogP contribution in [0.5, 0.6) is 0 Å². The molecule has 3 heterocycles. The van der Waals surface area contributed by atoms with E-state index in [-0.39, 0.29) is 12.1 Å². The van der Waals surface area contributed by atoms with Crippen LogP contribution in [0.1, 0.15) is 30.0 Å². The minimum Gasteiger partial charge on any atom is -0.480 e. The van der Waals surface area contributed by atoms with Gasteiger partial charge in [-0.15, -0.1) is 0 Å². The molecular formula is C15H14N4O3. The number of rotatable bonds is 3. The molecule has 0 amide bonds. The number of hydrogen-bond acceptors (Lipinski definition) is 4. The zero-order chi connectivity index (χ0) is 15.4. The van der Waals surface area contributed by atoms with Gasteiger partial charge in [0.1, 0.15) is 12.2 Å². The molecule has 7 heteroatoms. The molecule has 3 aromatic rings. The number of hydrogen-bond donors (Lipinski definition) is 1. The first kappa shape index (κ1) is 13.0. The number of pyridine rings is 1. The van der Waals surface area contributed by atoms with Crippen LogP contribution >= 0.6 is 0 Å². The molecule has 0 radical (unpaired) electrons. The van der Waals surface area contributed by atoms with E-state index in [1.165, 1.54) is 4.57 Å². The summed E-state index contributed by atoms with van der Waals surface area (Å²) < 4.78 is 2.89. The van der Waals surface area contributed by atoms with E-state index in [0.29, 0.717) is 22.6 Å². The van der Waals surface area contributed by atoms with Gasteiger partial charge in [0.05, 0.1) is 11.6 Å². The third-order valence-corrected chi connectivity index (χ3v) is 4.03. The van der Waals surface area contributed by atoms with Crippen LogP contribution in [0.25, 0.3) is 16.7 Å². The molecule has 1 fully saturated rings. The Morgan fingerprint density at radius 2 is 2.18 bits per heavy atom. The number of carboxylic acids is 1. The Balaban J connectivity index is 2.18. The molecule has 0 atom stereocenters. The quantitative estimate of drug-likeness (QED) is 0.787. The van der Waals surface area contributed by atoms with Crippen molar-refractivity contribution >= 4 is 22.6 Å². The van der Waals surface area contributed by atoms with Crippen molar-refractivity contribution in [1.29, 1.82) is 0 Å². The maximum absolute atomic E-state index is 12.7. The van der Waals surface area contributed by atoms with Gasteiger partial charge in [0, 0.05) is 11.3 Å². The lowest BCUT2D eigenvalue weighted by molar-refractivity contribution is -0.137. The topological polar surface area (TPSA) is 89.5 Å². The minimum atomic E-state index is -1.05. The molecule has 1 aliphatic carbocycles. The summed E-state index contributed by atoms with van der Waals surface area (Å²) >= 11 is 0. The molecule has 7 nitrogen and oxygen atoms in total. The van der Waals surface area contributed by atoms with Gasteiger partial charge in [-0.25, -0.2) is 4.98 Å². The van der Waals surface area contributed by atoms with Crippen LogP contribution in [0.4, 0.5) is 0 Å². The van der Waals surface area contributed by atoms with E-state index in [1.807, 2.05) is 6.92 Å². The van der Waals surface area contributed by atoms with E-state index in [4.69, 9.17) is 5.11 Å². The maximum atomic E-state index is 12.7. The molecule has 0 saturated heterocycles. The molecular weight excluding hydrogens is 284 g/mol. The largest absolute Gasteiger partial charge is 0.480 e. The van der Waals surface area contributed by atoms with Crippen LogP contribution in [-0.2, 0) is 11.3 Å². The van der Waals surface area contributed by atoms with Crippen molar-refractivity contribution in [3.63, 3.8) is 0 Å². The standard InChI is InChI=1S/C15H14N4O3/c1-8-2-5-10-13(17-8)19-14(11(6-16-19)9-3-4-9)18(15(10)22)7-12(20)21/h2,5-6,9H,3-4,7H2,1H3,(H,20,21). The summed E-state index contributed by atoms with van der Waals surface area (Å²) in [5, 5.41) is 13.9. The van der Waals surface area contributed by atoms with E-state index in [9.17, 15) is 9.59 Å². The number of aliphatic carboxylic acids is 1. The Kier molecular flexibility index (Phi) is 2.60. The summed E-state index contributed by atoms with van der Waals surface area (Å²) in [6, 6.07) is 3.42. The van der Waals surface area contributed by atoms with Gasteiger partial charge in [-0.1, -0.05) is 0 Å². The molecule has 22 heavy (non-hydrogen) atoms. The van der Waals surface area contributed by atoms with Gasteiger partial charge in [0.15, 0.2) is 5.65 Å². The van der Waals surface area contributed by atoms with Crippen molar-refractivity contribution in [2.45, 2.75) is 32.2 Å². The molecule has 0 aromatic carbocycles. The second-order valence-corrected chi connectivity index (χ2v) is 5.72. The molecule has 0 unspecified atom stereocenters. The fraction of sp³-hybridized carbons (Fsp3) is 0.333. The number of aromatic nitrogens is 4. The second kappa shape index (κ2) is 4.40. The fourth-order valence-corrected chi connectivity index (χ4v) is 2.86. The van der Waals surface area contributed by atoms with Gasteiger partial charge in [-0.05, 0) is 37.8 Å². The first-order valence-corrected chi connectivity index (χ1v) is 7.16. The van der Waals surface area contributed by atoms with Crippen LogP contribution in [0, 0.1) is 6.92 Å². The van der Waals surface area contributed by atoms with Crippen molar-refractivity contribution in [3.8, 4) is 0 Å². The van der Waals surface area contributed by atoms with Crippen molar-refractivity contribution in [2.24, 2.45) is 0 Å². The number of carbonyl (C=O) groups is 1. The third kappa shape index (κ3) is 1.82. The Labute approximate surface area is 124 Å². The highest BCUT2D eigenvalue weighted by atomic mass is 16.4. The maximum Gasteiger partial charge on any atom is 0.323 e. The lowest BCUT2D eigenvalue weighted by Crippen LogP contribution is -2.27. The lowest BCUT2D eigenvalue weighted by Gasteiger charge is -2.10. The highest BCUT2D eigenvalue weighted by Crippen LogP contribution is 2.41. The van der Waals surface area contributed by atoms with Gasteiger partial charge in [-0.2, -0.15) is 9.61 Å². The summed E-state index contributed by atoms with van der Waals surface area (Å²) in [5.74, 6) is -0.689. The van der Waals surface area contributed by atoms with Crippen molar-refractivity contribution in [1.82, 2.24) is 19.2 Å². The number of nitrogens with zero attached hydrogens (tertiary/aromatic N) is 4. The van der Waals surface area contributed by atoms with Gasteiger partial charge in [-0.3, -0.25) is 14.2 Å². The average Bonchev–Trinajstić information content (AvgIpc) is 3.22. The predicted octanol–water partition coefficient (Wildman–Crippen LogP) is 1.31. The first-order chi connectivity index (χ1) is 10.6. The van der Waals surface area contributed by atoms with Crippen LogP contribution in [0.3, 0.4) is 0 Å². The molecule has 1 saturated carbocycles. The van der Waals surface area contributed by atoms with Crippen LogP contribution < -0.4 is 5.56 Å². The van der Waals surface area contributed by atoms with E-state index in [0.717, 1.165) is 24.1 Å². The highest BCUT2D eigenvalue weighted by molar-refractivity contribution is 5.79. The first-order valence-electron chi connectivity index (χ1n) is 7.16. The van der Waals surface area contributed by atoms with Gasteiger partial charge in [0.2, 0.25) is 0 Å². The molecule has 0 bridgehead atoms. The third-order valence-electron chi connectivity index (χ3n) is 4.03. The monoisotopic (exact) mass is 298 g/mol. The van der Waals surface area contributed by atoms with Crippen LogP contribution in [0.2, 0.25) is 0 Å². The fourth-order valence-electron chi connectivity index (χ4n) is 2.86. The normalized spacial score (nSPS) is 14.8. The Hall–Kier alpha value is -2.70. The summed E-state index contributed by atoms with van der Waals surface area (Å²) in [5.41, 5.74) is 2.42. The summed E-state index contributed by atoms with van der Waals surface area (Å²) in [6.45, 7) is 1.47. The number of fused-ring (bicyclic) bond motifs is 3. The molecule has 0 spiro atoms. The molecule has 0 aliphatic heterocycles. The van der Waals surface area contributed by atoms with Crippen LogP contribution in [0.15, 0.2) is 23.1 Å². The zero-order valence-corrected chi connectivity index (χ0v) is 12.0. The molecule has 112 valence electrons. The Morgan fingerprint density at radius 1 is 1.41 bits per heavy atom. The van der Waals surface area contributed by atoms with Gasteiger partial charge in [0.25, 0.3) is 5.56 Å². The van der Waals surface area contributed by atoms with E-state index in [1.54, 1.807) is 22.8 Å². The SMILES string of the molecule is Cc1ccc2c(=O)n(CC(=O)O)c3c(C4CC4)cnn3c2n1. The zero-order valence-electron chi connectivity index (χ0n) is 12.0. The van der Waals surface area contributed by atoms with Crippen LogP contribution in [-0.4, -0.2) is 30.2 Å². The lowest BCUT2D eigenvalue weighted by atomic mass is 10.2. The molecule has 1 aliphatic rings. The van der Waals surface area contributed by atoms with E-state index >= 15 is 0 Å². The molecule has 3 aromatic heterocycles. The molecule has 1 N–H and O–H groups in total. The Bertz CT molecular complexity index is 982. The highest BCUT2D eigenvalue weighted by Gasteiger charge is 2.29. The van der Waals surface area contributed by atoms with Crippen molar-refractivity contribution < 1.29 is 9.90 Å². The Morgan fingerprint density at radius 3 is 2.86 bits per heavy atom. The number of carboxylic acid groups (broad SMARTS) is 1. The minimum absolute atomic E-state index is 0.334. The summed E-state index contributed by atoms with van der Waals surface area (Å²) in [7, 11) is 0. The second-order valence-electron chi connectivity index (χ2n) is 5.72. The van der Waals surface area contributed by atoms with Gasteiger partial charge < -0.3 is 5.11 Å². The van der Waals surface area contributed by atoms with Gasteiger partial charge >= 0.3 is 5.97 Å². The number of aryl methyl sites for hydroxylation is 1.